The molecule has 0 bridgehead atoms. The molecule has 1 saturated heterocycles. The van der Waals surface area contributed by atoms with Gasteiger partial charge >= 0.3 is 6.03 Å². The van der Waals surface area contributed by atoms with Gasteiger partial charge in [-0.05, 0) is 44.0 Å². The third-order valence-corrected chi connectivity index (χ3v) is 6.63. The largest absolute Gasteiger partial charge is 0.372 e. The molecule has 1 aromatic carbocycles. The second-order valence-corrected chi connectivity index (χ2v) is 9.17. The molecule has 3 aromatic rings. The van der Waals surface area contributed by atoms with Gasteiger partial charge in [-0.2, -0.15) is 0 Å². The van der Waals surface area contributed by atoms with Crippen molar-refractivity contribution in [1.29, 1.82) is 0 Å². The van der Waals surface area contributed by atoms with Crippen LogP contribution in [-0.2, 0) is 0 Å². The van der Waals surface area contributed by atoms with Crippen LogP contribution in [0.4, 0.5) is 36.5 Å². The zero-order valence-electron chi connectivity index (χ0n) is 19.8. The van der Waals surface area contributed by atoms with E-state index in [1.165, 1.54) is 12.3 Å². The van der Waals surface area contributed by atoms with Crippen LogP contribution in [0, 0.1) is 5.82 Å². The zero-order valence-corrected chi connectivity index (χ0v) is 19.8. The maximum absolute atomic E-state index is 13.8. The number of hydrogen-bond acceptors (Lipinski definition) is 5. The van der Waals surface area contributed by atoms with Gasteiger partial charge in [-0.3, -0.25) is 9.88 Å². The lowest BCUT2D eigenvalue weighted by atomic mass is 10.1. The van der Waals surface area contributed by atoms with Gasteiger partial charge in [0.1, 0.15) is 12.0 Å². The normalized spacial score (nSPS) is 19.9. The number of fused-ring (bicyclic) bond motifs is 1. The number of halogens is 2. The van der Waals surface area contributed by atoms with Gasteiger partial charge in [0.15, 0.2) is 5.82 Å². The highest BCUT2D eigenvalue weighted by atomic mass is 19.1. The van der Waals surface area contributed by atoms with Crippen molar-refractivity contribution in [2.75, 3.05) is 46.7 Å². The van der Waals surface area contributed by atoms with Crippen LogP contribution in [0.2, 0.25) is 0 Å². The molecule has 2 atom stereocenters. The van der Waals surface area contributed by atoms with Gasteiger partial charge in [0.05, 0.1) is 29.5 Å². The number of benzene rings is 1. The fourth-order valence-electron chi connectivity index (χ4n) is 4.69. The Labute approximate surface area is 203 Å². The summed E-state index contributed by atoms with van der Waals surface area (Å²) in [6, 6.07) is 12.5. The van der Waals surface area contributed by atoms with Gasteiger partial charge in [0.25, 0.3) is 0 Å². The van der Waals surface area contributed by atoms with Gasteiger partial charge in [-0.25, -0.2) is 18.6 Å². The number of hydrogen-bond donors (Lipinski definition) is 1. The van der Waals surface area contributed by atoms with E-state index < -0.39 is 18.0 Å². The van der Waals surface area contributed by atoms with Crippen LogP contribution in [0.5, 0.6) is 0 Å². The van der Waals surface area contributed by atoms with E-state index in [0.717, 1.165) is 36.1 Å². The minimum atomic E-state index is -0.804. The number of amides is 2. The zero-order chi connectivity index (χ0) is 24.5. The first-order chi connectivity index (χ1) is 16.9. The molecule has 182 valence electrons. The highest BCUT2D eigenvalue weighted by Crippen LogP contribution is 2.36. The van der Waals surface area contributed by atoms with Crippen LogP contribution in [-0.4, -0.2) is 54.9 Å². The summed E-state index contributed by atoms with van der Waals surface area (Å²) in [4.78, 5) is 27.9. The average Bonchev–Trinajstić information content (AvgIpc) is 3.24. The molecule has 35 heavy (non-hydrogen) atoms. The maximum atomic E-state index is 13.8. The standard InChI is InChI=1S/C26H28F2N6O/c1-17-8-10-32(2)24-7-6-23(18-4-3-5-22(12-18)33-11-9-19(27)16-33)31-25(24)34(17)26(35)30-21-13-20(28)14-29-15-21/h3-7,12-15,17,19H,8-11,16H2,1-2H3,(H,30,35)/t17-,19-/m1/s1. The summed E-state index contributed by atoms with van der Waals surface area (Å²) < 4.78 is 27.4. The third kappa shape index (κ3) is 4.76. The molecule has 1 fully saturated rings. The molecule has 7 nitrogen and oxygen atoms in total. The van der Waals surface area contributed by atoms with Crippen molar-refractivity contribution in [3.05, 3.63) is 60.7 Å². The Morgan fingerprint density at radius 3 is 2.74 bits per heavy atom. The van der Waals surface area contributed by atoms with E-state index in [0.29, 0.717) is 31.0 Å². The minimum absolute atomic E-state index is 0.139. The fraction of sp³-hybridized carbons (Fsp3) is 0.346. The topological polar surface area (TPSA) is 64.6 Å². The molecule has 9 heteroatoms. The first-order valence-electron chi connectivity index (χ1n) is 11.8. The Hall–Kier alpha value is -3.75. The van der Waals surface area contributed by atoms with Gasteiger partial charge in [0.2, 0.25) is 0 Å². The van der Waals surface area contributed by atoms with Crippen LogP contribution in [0.15, 0.2) is 54.9 Å². The number of carbonyl (C=O) groups is 1. The number of anilines is 4. The summed E-state index contributed by atoms with van der Waals surface area (Å²) in [6.07, 6.45) is 2.97. The van der Waals surface area contributed by atoms with Crippen LogP contribution in [0.1, 0.15) is 19.8 Å². The molecule has 2 amide bonds. The molecular formula is C26H28F2N6O. The van der Waals surface area contributed by atoms with Gasteiger partial charge < -0.3 is 15.1 Å². The van der Waals surface area contributed by atoms with Crippen molar-refractivity contribution in [3.63, 3.8) is 0 Å². The number of alkyl halides is 1. The molecule has 0 saturated carbocycles. The Kier molecular flexibility index (Phi) is 6.23. The van der Waals surface area contributed by atoms with Crippen LogP contribution in [0.3, 0.4) is 0 Å². The third-order valence-electron chi connectivity index (χ3n) is 6.63. The first-order valence-corrected chi connectivity index (χ1v) is 11.8. The highest BCUT2D eigenvalue weighted by molar-refractivity contribution is 6.03. The lowest BCUT2D eigenvalue weighted by Gasteiger charge is -2.28. The van der Waals surface area contributed by atoms with E-state index >= 15 is 0 Å². The van der Waals surface area contributed by atoms with E-state index in [4.69, 9.17) is 4.98 Å². The number of aromatic nitrogens is 2. The van der Waals surface area contributed by atoms with E-state index in [-0.39, 0.29) is 11.7 Å². The second-order valence-electron chi connectivity index (χ2n) is 9.17. The summed E-state index contributed by atoms with van der Waals surface area (Å²) in [7, 11) is 1.98. The minimum Gasteiger partial charge on any atom is -0.372 e. The van der Waals surface area contributed by atoms with Crippen LogP contribution >= 0.6 is 0 Å². The van der Waals surface area contributed by atoms with E-state index in [9.17, 15) is 13.6 Å². The molecule has 2 aromatic heterocycles. The summed E-state index contributed by atoms with van der Waals surface area (Å²) >= 11 is 0. The summed E-state index contributed by atoms with van der Waals surface area (Å²) in [6.45, 7) is 3.82. The van der Waals surface area contributed by atoms with Crippen molar-refractivity contribution in [2.24, 2.45) is 0 Å². The lowest BCUT2D eigenvalue weighted by Crippen LogP contribution is -2.42. The molecule has 4 heterocycles. The monoisotopic (exact) mass is 478 g/mol. The number of carbonyl (C=O) groups excluding carboxylic acids is 1. The molecule has 5 rings (SSSR count). The Morgan fingerprint density at radius 2 is 1.97 bits per heavy atom. The average molecular weight is 479 g/mol. The molecule has 0 spiro atoms. The number of nitrogens with one attached hydrogen (secondary N) is 1. The fourth-order valence-corrected chi connectivity index (χ4v) is 4.69. The molecule has 0 radical (unpaired) electrons. The highest BCUT2D eigenvalue weighted by Gasteiger charge is 2.31. The summed E-state index contributed by atoms with van der Waals surface area (Å²) in [5, 5.41) is 2.76. The van der Waals surface area contributed by atoms with Crippen molar-refractivity contribution in [3.8, 4) is 11.3 Å². The van der Waals surface area contributed by atoms with E-state index in [1.54, 1.807) is 4.90 Å². The van der Waals surface area contributed by atoms with Crippen molar-refractivity contribution in [1.82, 2.24) is 9.97 Å². The SMILES string of the molecule is C[C@@H]1CCN(C)c2ccc(-c3cccc(N4CC[C@@H](F)C4)c3)nc2N1C(=O)Nc1cncc(F)c1. The predicted octanol–water partition coefficient (Wildman–Crippen LogP) is 5.10. The van der Waals surface area contributed by atoms with Gasteiger partial charge in [0, 0.05) is 50.0 Å². The van der Waals surface area contributed by atoms with Crippen LogP contribution < -0.4 is 20.0 Å². The Morgan fingerprint density at radius 1 is 1.11 bits per heavy atom. The second kappa shape index (κ2) is 9.48. The van der Waals surface area contributed by atoms with Crippen molar-refractivity contribution >= 4 is 28.9 Å². The first kappa shape index (κ1) is 23.0. The number of nitrogens with zero attached hydrogens (tertiary/aromatic N) is 5. The van der Waals surface area contributed by atoms with Crippen molar-refractivity contribution < 1.29 is 13.6 Å². The quantitative estimate of drug-likeness (QED) is 0.568. The smallest absolute Gasteiger partial charge is 0.327 e. The summed E-state index contributed by atoms with van der Waals surface area (Å²) in [5.41, 5.74) is 3.68. The number of rotatable bonds is 3. The number of urea groups is 1. The molecule has 1 N–H and O–H groups in total. The molecular weight excluding hydrogens is 450 g/mol. The Bertz CT molecular complexity index is 1240. The molecule has 0 aliphatic carbocycles. The van der Waals surface area contributed by atoms with Crippen LogP contribution in [0.25, 0.3) is 11.3 Å². The van der Waals surface area contributed by atoms with E-state index in [2.05, 4.69) is 15.2 Å². The van der Waals surface area contributed by atoms with Gasteiger partial charge in [-0.15, -0.1) is 0 Å². The summed E-state index contributed by atoms with van der Waals surface area (Å²) in [5.74, 6) is 0.0106. The molecule has 0 unspecified atom stereocenters. The lowest BCUT2D eigenvalue weighted by molar-refractivity contribution is 0.255. The molecule has 2 aliphatic heterocycles. The molecule has 2 aliphatic rings. The van der Waals surface area contributed by atoms with E-state index in [1.807, 2.05) is 55.3 Å². The Balaban J connectivity index is 1.51. The van der Waals surface area contributed by atoms with Gasteiger partial charge in [-0.1, -0.05) is 12.1 Å². The predicted molar refractivity (Wildman–Crippen MR) is 134 cm³/mol. The van der Waals surface area contributed by atoms with Crippen molar-refractivity contribution in [2.45, 2.75) is 32.0 Å². The maximum Gasteiger partial charge on any atom is 0.327 e. The number of pyridine rings is 2.